The molecule has 3 heterocycles. The Labute approximate surface area is 345 Å². The van der Waals surface area contributed by atoms with Crippen LogP contribution in [-0.4, -0.2) is 19.3 Å². The average molecular weight is 916 g/mol. The van der Waals surface area contributed by atoms with Crippen LogP contribution in [0.3, 0.4) is 0 Å². The first-order chi connectivity index (χ1) is 26.1. The van der Waals surface area contributed by atoms with Crippen molar-refractivity contribution in [1.82, 2.24) is 19.3 Å². The van der Waals surface area contributed by atoms with E-state index < -0.39 is 0 Å². The number of rotatable bonds is 6. The van der Waals surface area contributed by atoms with E-state index in [1.807, 2.05) is 47.5 Å². The van der Waals surface area contributed by atoms with Crippen LogP contribution in [0.2, 0.25) is 0 Å². The summed E-state index contributed by atoms with van der Waals surface area (Å²) >= 11 is 0. The maximum atomic E-state index is 6.47. The minimum Gasteiger partial charge on any atom is -0.509 e. The van der Waals surface area contributed by atoms with Crippen molar-refractivity contribution < 1.29 is 25.8 Å². The summed E-state index contributed by atoms with van der Waals surface area (Å²) in [4.78, 5) is 5.13. The van der Waals surface area contributed by atoms with Gasteiger partial charge >= 0.3 is 21.1 Å². The largest absolute Gasteiger partial charge is 2.00 e. The number of hydrogen-bond donors (Lipinski definition) is 0. The summed E-state index contributed by atoms with van der Waals surface area (Å²) in [7, 11) is 0. The number of ether oxygens (including phenoxy) is 1. The van der Waals surface area contributed by atoms with Crippen molar-refractivity contribution in [2.45, 2.75) is 78.6 Å². The van der Waals surface area contributed by atoms with Gasteiger partial charge in [-0.05, 0) is 67.3 Å². The summed E-state index contributed by atoms with van der Waals surface area (Å²) in [6.45, 7) is 20.2. The third kappa shape index (κ3) is 7.62. The zero-order valence-corrected chi connectivity index (χ0v) is 35.9. The first-order valence-electron chi connectivity index (χ1n) is 19.1. The van der Waals surface area contributed by atoms with Gasteiger partial charge < -0.3 is 9.30 Å². The Balaban J connectivity index is 0.00000480. The van der Waals surface area contributed by atoms with E-state index in [-0.39, 0.29) is 37.3 Å². The molecule has 0 saturated heterocycles. The van der Waals surface area contributed by atoms with Gasteiger partial charge in [-0.3, -0.25) is 4.68 Å². The molecule has 0 aliphatic carbocycles. The molecule has 0 spiro atoms. The van der Waals surface area contributed by atoms with Crippen LogP contribution in [0, 0.1) is 12.1 Å². The summed E-state index contributed by atoms with van der Waals surface area (Å²) in [5.41, 5.74) is 11.2. The molecule has 284 valence electrons. The van der Waals surface area contributed by atoms with Crippen LogP contribution in [0.5, 0.6) is 11.5 Å². The Morgan fingerprint density at radius 3 is 1.88 bits per heavy atom. The van der Waals surface area contributed by atoms with E-state index in [4.69, 9.17) is 9.72 Å². The third-order valence-electron chi connectivity index (χ3n) is 10.4. The van der Waals surface area contributed by atoms with E-state index in [0.717, 1.165) is 50.0 Å². The van der Waals surface area contributed by atoms with Crippen molar-refractivity contribution in [3.63, 3.8) is 0 Å². The zero-order valence-electron chi connectivity index (χ0n) is 33.6. The predicted molar refractivity (Wildman–Crippen MR) is 227 cm³/mol. The molecule has 0 radical (unpaired) electrons. The maximum Gasteiger partial charge on any atom is 2.00 e. The number of fused-ring (bicyclic) bond motifs is 3. The Kier molecular flexibility index (Phi) is 10.2. The Hall–Kier alpha value is -5.25. The SMILES string of the molecule is CC(C)(C)c1ccc(-c2cnn(-c3[c-]c(Oc4[c-]c5c(cc4)c4ccccc4n5-c4cc(C(C)(C)C)c(-c5ccc(C(C)(C)C)cc5)cn4)ccc3)c2)cc1.[Pt+2]. The molecule has 0 N–H and O–H groups in total. The van der Waals surface area contributed by atoms with Gasteiger partial charge in [0.2, 0.25) is 0 Å². The van der Waals surface area contributed by atoms with E-state index in [9.17, 15) is 0 Å². The molecule has 0 amide bonds. The van der Waals surface area contributed by atoms with Gasteiger partial charge in [-0.2, -0.15) is 17.2 Å². The van der Waals surface area contributed by atoms with E-state index >= 15 is 0 Å². The molecule has 0 aliphatic rings. The second-order valence-corrected chi connectivity index (χ2v) is 17.6. The third-order valence-corrected chi connectivity index (χ3v) is 10.4. The number of pyridine rings is 1. The van der Waals surface area contributed by atoms with E-state index in [2.05, 4.69) is 169 Å². The van der Waals surface area contributed by atoms with Crippen LogP contribution in [-0.2, 0) is 37.3 Å². The fourth-order valence-corrected chi connectivity index (χ4v) is 7.25. The fraction of sp³-hybridized carbons (Fsp3) is 0.240. The average Bonchev–Trinajstić information content (AvgIpc) is 3.78. The van der Waals surface area contributed by atoms with Crippen LogP contribution in [0.1, 0.15) is 79.0 Å². The molecule has 0 saturated carbocycles. The summed E-state index contributed by atoms with van der Waals surface area (Å²) in [6, 6.07) is 45.4. The first-order valence-corrected chi connectivity index (χ1v) is 19.1. The molecule has 5 aromatic carbocycles. The summed E-state index contributed by atoms with van der Waals surface area (Å²) < 4.78 is 10.5. The Morgan fingerprint density at radius 1 is 0.571 bits per heavy atom. The minimum atomic E-state index is -0.125. The molecule has 0 bridgehead atoms. The predicted octanol–water partition coefficient (Wildman–Crippen LogP) is 13.0. The molecule has 8 aromatic rings. The first kappa shape index (κ1) is 39.0. The van der Waals surface area contributed by atoms with Gasteiger partial charge in [-0.1, -0.05) is 135 Å². The van der Waals surface area contributed by atoms with Crippen LogP contribution in [0.15, 0.2) is 128 Å². The molecule has 0 aliphatic heterocycles. The topological polar surface area (TPSA) is 44.9 Å². The van der Waals surface area contributed by atoms with Gasteiger partial charge in [0.05, 0.1) is 6.20 Å². The van der Waals surface area contributed by atoms with E-state index in [1.165, 1.54) is 22.3 Å². The fourth-order valence-electron chi connectivity index (χ4n) is 7.25. The summed E-state index contributed by atoms with van der Waals surface area (Å²) in [5, 5.41) is 6.89. The van der Waals surface area contributed by atoms with Gasteiger partial charge in [0.1, 0.15) is 5.82 Å². The van der Waals surface area contributed by atoms with Gasteiger partial charge in [0.15, 0.2) is 0 Å². The molecule has 0 atom stereocenters. The normalized spacial score (nSPS) is 12.2. The summed E-state index contributed by atoms with van der Waals surface area (Å²) in [6.07, 6.45) is 5.96. The van der Waals surface area contributed by atoms with Crippen molar-refractivity contribution >= 4 is 21.8 Å². The van der Waals surface area contributed by atoms with Crippen molar-refractivity contribution in [3.05, 3.63) is 157 Å². The number of aromatic nitrogens is 4. The number of hydrogen-bond acceptors (Lipinski definition) is 3. The van der Waals surface area contributed by atoms with Crippen LogP contribution >= 0.6 is 0 Å². The van der Waals surface area contributed by atoms with Crippen molar-refractivity contribution in [3.8, 4) is 45.3 Å². The molecule has 6 heteroatoms. The molecule has 5 nitrogen and oxygen atoms in total. The van der Waals surface area contributed by atoms with Crippen molar-refractivity contribution in [2.24, 2.45) is 0 Å². The van der Waals surface area contributed by atoms with Gasteiger partial charge in [-0.25, -0.2) is 4.98 Å². The number of benzene rings is 5. The molecular formula is C50H48N4OPt. The molecule has 56 heavy (non-hydrogen) atoms. The molecule has 0 unspecified atom stereocenters. The van der Waals surface area contributed by atoms with Gasteiger partial charge in [0.25, 0.3) is 0 Å². The molecule has 0 fully saturated rings. The van der Waals surface area contributed by atoms with Gasteiger partial charge in [-0.15, -0.1) is 35.7 Å². The molecular weight excluding hydrogens is 868 g/mol. The standard InChI is InChI=1S/C50H48N4O.Pt/c1-48(2,3)36-21-17-33(18-22-36)35-30-52-53(32-35)38-13-12-14-39(27-38)55-40-25-26-42-41-15-10-11-16-45(41)54(46(42)28-40)47-29-44(50(7,8)9)43(31-51-47)34-19-23-37(24-20-34)49(4,5)6;/h10-26,29-32H,1-9H3;/q-2;+2. The maximum absolute atomic E-state index is 6.47. The Bertz CT molecular complexity index is 2660. The second kappa shape index (κ2) is 14.7. The quantitative estimate of drug-likeness (QED) is 0.156. The van der Waals surface area contributed by atoms with E-state index in [0.29, 0.717) is 11.5 Å². The van der Waals surface area contributed by atoms with Crippen LogP contribution in [0.25, 0.3) is 55.6 Å². The smallest absolute Gasteiger partial charge is 0.509 e. The van der Waals surface area contributed by atoms with Gasteiger partial charge in [0, 0.05) is 40.5 Å². The number of para-hydroxylation sites is 1. The second-order valence-electron chi connectivity index (χ2n) is 17.6. The van der Waals surface area contributed by atoms with Crippen LogP contribution in [0.4, 0.5) is 0 Å². The monoisotopic (exact) mass is 915 g/mol. The van der Waals surface area contributed by atoms with Crippen molar-refractivity contribution in [1.29, 1.82) is 0 Å². The molecule has 3 aromatic heterocycles. The minimum absolute atomic E-state index is 0. The number of nitrogens with zero attached hydrogens (tertiary/aromatic N) is 4. The zero-order chi connectivity index (χ0) is 38.7. The van der Waals surface area contributed by atoms with E-state index in [1.54, 1.807) is 0 Å². The van der Waals surface area contributed by atoms with Crippen LogP contribution < -0.4 is 4.74 Å². The summed E-state index contributed by atoms with van der Waals surface area (Å²) in [5.74, 6) is 2.02. The van der Waals surface area contributed by atoms with Crippen molar-refractivity contribution in [2.75, 3.05) is 0 Å². The Morgan fingerprint density at radius 2 is 1.21 bits per heavy atom. The molecule has 8 rings (SSSR count).